The molecule has 13 heteroatoms. The first-order valence-electron chi connectivity index (χ1n) is 14.9. The van der Waals surface area contributed by atoms with E-state index >= 15 is 0 Å². The standard InChI is InChI=1S/C32H38N5O5P3/c1-5-13-29(14-6-1)33-44-35-43(31-17-9-3-10-18-31,32-19-11-4-12-20-32)36-45(37-44,34-30-15-7-2-8-16-30)42-28-26-40-24-22-38-21-23-39-25-27-41-44/h1-20,33-34H,21-28H2/t44-,45+. The molecule has 4 aromatic rings. The first kappa shape index (κ1) is 31.9. The van der Waals surface area contributed by atoms with Crippen LogP contribution in [0.15, 0.2) is 135 Å². The summed E-state index contributed by atoms with van der Waals surface area (Å²) >= 11 is 0. The lowest BCUT2D eigenvalue weighted by molar-refractivity contribution is 0.00556. The van der Waals surface area contributed by atoms with E-state index in [1.54, 1.807) is 0 Å². The molecule has 0 aromatic heterocycles. The third kappa shape index (κ3) is 8.23. The van der Waals surface area contributed by atoms with E-state index in [0.717, 1.165) is 22.0 Å². The first-order chi connectivity index (χ1) is 22.2. The van der Waals surface area contributed by atoms with E-state index in [1.807, 2.05) is 97.1 Å². The predicted octanol–water partition coefficient (Wildman–Crippen LogP) is 7.98. The van der Waals surface area contributed by atoms with Gasteiger partial charge in [-0.1, -0.05) is 97.1 Å². The van der Waals surface area contributed by atoms with Crippen LogP contribution in [0.5, 0.6) is 0 Å². The van der Waals surface area contributed by atoms with Gasteiger partial charge in [0.05, 0.1) is 52.9 Å². The van der Waals surface area contributed by atoms with Gasteiger partial charge in [0.1, 0.15) is 7.21 Å². The molecule has 0 radical (unpaired) electrons. The van der Waals surface area contributed by atoms with Crippen LogP contribution in [0.3, 0.4) is 0 Å². The minimum Gasteiger partial charge on any atom is -0.377 e. The average Bonchev–Trinajstić information content (AvgIpc) is 3.08. The summed E-state index contributed by atoms with van der Waals surface area (Å²) in [5, 5.41) is 9.27. The zero-order valence-electron chi connectivity index (χ0n) is 24.9. The molecule has 2 atom stereocenters. The number of ether oxygens (including phenoxy) is 3. The number of benzene rings is 4. The third-order valence-electron chi connectivity index (χ3n) is 6.82. The van der Waals surface area contributed by atoms with E-state index < -0.39 is 22.4 Å². The highest BCUT2D eigenvalue weighted by Crippen LogP contribution is 2.77. The summed E-state index contributed by atoms with van der Waals surface area (Å²) in [6.07, 6.45) is 0. The third-order valence-corrected chi connectivity index (χ3v) is 17.0. The van der Waals surface area contributed by atoms with Crippen molar-refractivity contribution in [2.75, 3.05) is 63.0 Å². The summed E-state index contributed by atoms with van der Waals surface area (Å²) in [5.41, 5.74) is 1.67. The second-order valence-electron chi connectivity index (χ2n) is 10.1. The Hall–Kier alpha value is -3.03. The van der Waals surface area contributed by atoms with Crippen molar-refractivity contribution >= 4 is 44.4 Å². The molecule has 236 valence electrons. The molecular formula is C32H38N5O5P3. The highest BCUT2D eigenvalue weighted by atomic mass is 31.3. The monoisotopic (exact) mass is 665 g/mol. The fourth-order valence-corrected chi connectivity index (χ4v) is 16.7. The van der Waals surface area contributed by atoms with Crippen molar-refractivity contribution in [3.63, 3.8) is 0 Å². The molecule has 0 fully saturated rings. The van der Waals surface area contributed by atoms with Gasteiger partial charge in [0.2, 0.25) is 0 Å². The van der Waals surface area contributed by atoms with E-state index in [2.05, 4.69) is 34.4 Å². The lowest BCUT2D eigenvalue weighted by Gasteiger charge is -2.36. The maximum atomic E-state index is 6.81. The SMILES string of the molecule is c1ccc(N[P@]23=NP(c4ccccc4)(c4ccccc4)=N[P@](Nc4ccccc4)(=N2)OCCOCCOCCOCCO3)cc1. The van der Waals surface area contributed by atoms with Gasteiger partial charge in [0.25, 0.3) is 0 Å². The van der Waals surface area contributed by atoms with Crippen molar-refractivity contribution in [2.45, 2.75) is 0 Å². The molecular weight excluding hydrogens is 627 g/mol. The second kappa shape index (κ2) is 15.5. The Bertz CT molecular complexity index is 1580. The zero-order valence-corrected chi connectivity index (χ0v) is 27.6. The molecule has 4 aromatic carbocycles. The predicted molar refractivity (Wildman–Crippen MR) is 185 cm³/mol. The van der Waals surface area contributed by atoms with Crippen LogP contribution in [0.4, 0.5) is 11.4 Å². The van der Waals surface area contributed by atoms with Crippen LogP contribution in [0.1, 0.15) is 0 Å². The summed E-state index contributed by atoms with van der Waals surface area (Å²) < 4.78 is 47.7. The molecule has 0 saturated heterocycles. The lowest BCUT2D eigenvalue weighted by atomic mass is 10.3. The highest BCUT2D eigenvalue weighted by Gasteiger charge is 2.41. The average molecular weight is 666 g/mol. The van der Waals surface area contributed by atoms with Gasteiger partial charge >= 0.3 is 15.2 Å². The molecule has 10 nitrogen and oxygen atoms in total. The quantitative estimate of drug-likeness (QED) is 0.201. The molecule has 0 saturated carbocycles. The van der Waals surface area contributed by atoms with Crippen molar-refractivity contribution in [3.8, 4) is 0 Å². The molecule has 0 aliphatic carbocycles. The van der Waals surface area contributed by atoms with Crippen molar-refractivity contribution in [3.05, 3.63) is 121 Å². The summed E-state index contributed by atoms with van der Waals surface area (Å²) in [5.74, 6) is 0. The maximum absolute atomic E-state index is 6.81. The number of rotatable bonds is 6. The number of hydrogen-bond acceptors (Lipinski definition) is 10. The molecule has 2 aliphatic rings. The zero-order chi connectivity index (χ0) is 30.7. The highest BCUT2D eigenvalue weighted by molar-refractivity contribution is 7.91. The Morgan fingerprint density at radius 2 is 0.756 bits per heavy atom. The van der Waals surface area contributed by atoms with Gasteiger partial charge in [-0.25, -0.2) is 0 Å². The van der Waals surface area contributed by atoms with E-state index in [4.69, 9.17) is 36.8 Å². The number of hydrogen-bond donors (Lipinski definition) is 2. The van der Waals surface area contributed by atoms with E-state index in [-0.39, 0.29) is 13.2 Å². The molecule has 2 aliphatic heterocycles. The van der Waals surface area contributed by atoms with Crippen LogP contribution in [0.2, 0.25) is 0 Å². The van der Waals surface area contributed by atoms with Gasteiger partial charge in [-0.15, -0.1) is 0 Å². The van der Waals surface area contributed by atoms with Crippen molar-refractivity contribution in [1.29, 1.82) is 0 Å². The lowest BCUT2D eigenvalue weighted by Crippen LogP contribution is -2.19. The topological polar surface area (TPSA) is 107 Å². The van der Waals surface area contributed by atoms with E-state index in [0.29, 0.717) is 39.6 Å². The number of nitrogens with one attached hydrogen (secondary N) is 2. The molecule has 2 heterocycles. The minimum atomic E-state index is -3.25. The van der Waals surface area contributed by atoms with E-state index in [9.17, 15) is 0 Å². The molecule has 6 rings (SSSR count). The van der Waals surface area contributed by atoms with Crippen LogP contribution in [-0.4, -0.2) is 52.9 Å². The van der Waals surface area contributed by atoms with Gasteiger partial charge in [0.15, 0.2) is 0 Å². The fourth-order valence-electron chi connectivity index (χ4n) is 4.80. The molecule has 2 N–H and O–H groups in total. The molecule has 2 bridgehead atoms. The normalized spacial score (nSPS) is 24.2. The number of para-hydroxylation sites is 2. The van der Waals surface area contributed by atoms with E-state index in [1.165, 1.54) is 0 Å². The smallest absolute Gasteiger partial charge is 0.305 e. The fraction of sp³-hybridized carbons (Fsp3) is 0.250. The van der Waals surface area contributed by atoms with Crippen LogP contribution in [0, 0.1) is 0 Å². The van der Waals surface area contributed by atoms with Crippen LogP contribution >= 0.6 is 22.4 Å². The van der Waals surface area contributed by atoms with Gasteiger partial charge in [-0.05, 0) is 24.3 Å². The Balaban J connectivity index is 1.63. The molecule has 0 spiro atoms. The van der Waals surface area contributed by atoms with Crippen molar-refractivity contribution in [2.24, 2.45) is 13.5 Å². The number of anilines is 2. The summed E-state index contributed by atoms with van der Waals surface area (Å²) in [7, 11) is -9.44. The Morgan fingerprint density at radius 3 is 1.18 bits per heavy atom. The second-order valence-corrected chi connectivity index (χ2v) is 17.6. The van der Waals surface area contributed by atoms with Gasteiger partial charge in [-0.3, -0.25) is 0 Å². The summed E-state index contributed by atoms with van der Waals surface area (Å²) in [6.45, 7) is 3.07. The van der Waals surface area contributed by atoms with Crippen LogP contribution in [0.25, 0.3) is 0 Å². The van der Waals surface area contributed by atoms with Gasteiger partial charge in [0, 0.05) is 22.0 Å². The number of nitrogens with zero attached hydrogens (tertiary/aromatic N) is 3. The Morgan fingerprint density at radius 1 is 0.400 bits per heavy atom. The molecule has 0 unspecified atom stereocenters. The minimum absolute atomic E-state index is 0.263. The first-order valence-corrected chi connectivity index (χ1v) is 19.8. The Labute approximate surface area is 265 Å². The number of fused-ring (bicyclic) bond motifs is 1. The largest absolute Gasteiger partial charge is 0.377 e. The summed E-state index contributed by atoms with van der Waals surface area (Å²) in [4.78, 5) is 0. The maximum Gasteiger partial charge on any atom is 0.305 e. The van der Waals surface area contributed by atoms with Gasteiger partial charge in [-0.2, -0.15) is 13.5 Å². The van der Waals surface area contributed by atoms with Crippen molar-refractivity contribution < 1.29 is 23.3 Å². The van der Waals surface area contributed by atoms with Crippen molar-refractivity contribution in [1.82, 2.24) is 0 Å². The van der Waals surface area contributed by atoms with Gasteiger partial charge < -0.3 is 33.4 Å². The molecule has 0 amide bonds. The Kier molecular flexibility index (Phi) is 11.0. The van der Waals surface area contributed by atoms with Crippen LogP contribution in [-0.2, 0) is 23.3 Å². The summed E-state index contributed by atoms with van der Waals surface area (Å²) in [6, 6.07) is 40.3. The molecule has 45 heavy (non-hydrogen) atoms. The van der Waals surface area contributed by atoms with Crippen LogP contribution < -0.4 is 20.8 Å².